The van der Waals surface area contributed by atoms with E-state index >= 15 is 0 Å². The van der Waals surface area contributed by atoms with Crippen LogP contribution in [0.15, 0.2) is 0 Å². The molecule has 0 heterocycles. The highest BCUT2D eigenvalue weighted by Crippen LogP contribution is 2.14. The summed E-state index contributed by atoms with van der Waals surface area (Å²) in [6.45, 7) is 3.99. The second kappa shape index (κ2) is 18.7. The fourth-order valence-corrected chi connectivity index (χ4v) is 3.10. The van der Waals surface area contributed by atoms with Gasteiger partial charge in [0.05, 0.1) is 0 Å². The third-order valence-electron chi connectivity index (χ3n) is 4.63. The Bertz CT molecular complexity index is 222. The molecule has 0 aliphatic carbocycles. The zero-order valence-electron chi connectivity index (χ0n) is 15.6. The second-order valence-electron chi connectivity index (χ2n) is 7.11. The number of carbonyl (C=O) groups excluding carboxylic acids is 1. The van der Waals surface area contributed by atoms with E-state index in [1.54, 1.807) is 6.92 Å². The van der Waals surface area contributed by atoms with E-state index in [2.05, 4.69) is 6.92 Å². The molecule has 0 N–H and O–H groups in total. The summed E-state index contributed by atoms with van der Waals surface area (Å²) in [7, 11) is 0. The van der Waals surface area contributed by atoms with E-state index in [0.29, 0.717) is 5.78 Å². The maximum absolute atomic E-state index is 10.8. The second-order valence-corrected chi connectivity index (χ2v) is 7.11. The van der Waals surface area contributed by atoms with Crippen LogP contribution in [0.1, 0.15) is 129 Å². The van der Waals surface area contributed by atoms with Crippen molar-refractivity contribution in [2.45, 2.75) is 129 Å². The van der Waals surface area contributed by atoms with E-state index in [0.717, 1.165) is 12.8 Å². The normalized spacial score (nSPS) is 11.0. The van der Waals surface area contributed by atoms with Gasteiger partial charge in [0.1, 0.15) is 5.78 Å². The number of unbranched alkanes of at least 4 members (excludes halogenated alkanes) is 16. The van der Waals surface area contributed by atoms with Gasteiger partial charge in [0, 0.05) is 6.42 Å². The standard InChI is InChI=1S/C21H42O/c1-3-4-5-6-7-8-9-10-11-12-13-14-15-16-17-18-19-20-21(2)22/h3-20H2,1-2H3. The summed E-state index contributed by atoms with van der Waals surface area (Å²) < 4.78 is 0. The number of hydrogen-bond acceptors (Lipinski definition) is 1. The molecular weight excluding hydrogens is 268 g/mol. The van der Waals surface area contributed by atoms with Crippen LogP contribution in [0.5, 0.6) is 0 Å². The van der Waals surface area contributed by atoms with Gasteiger partial charge in [0.25, 0.3) is 0 Å². The molecule has 0 saturated heterocycles. The van der Waals surface area contributed by atoms with E-state index in [4.69, 9.17) is 0 Å². The van der Waals surface area contributed by atoms with Gasteiger partial charge in [-0.15, -0.1) is 0 Å². The first-order chi connectivity index (χ1) is 10.8. The minimum atomic E-state index is 0.348. The van der Waals surface area contributed by atoms with Crippen molar-refractivity contribution in [1.29, 1.82) is 0 Å². The quantitative estimate of drug-likeness (QED) is 0.238. The molecule has 1 nitrogen and oxygen atoms in total. The number of carbonyl (C=O) groups is 1. The topological polar surface area (TPSA) is 17.1 Å². The molecule has 0 aromatic carbocycles. The molecule has 1 heteroatoms. The highest BCUT2D eigenvalue weighted by atomic mass is 16.1. The number of Topliss-reactive ketones (excluding diaryl/α,β-unsaturated/α-hetero) is 1. The fourth-order valence-electron chi connectivity index (χ4n) is 3.10. The number of ketones is 1. The number of hydrogen-bond donors (Lipinski definition) is 0. The summed E-state index contributed by atoms with van der Waals surface area (Å²) in [6, 6.07) is 0. The van der Waals surface area contributed by atoms with Crippen molar-refractivity contribution < 1.29 is 4.79 Å². The van der Waals surface area contributed by atoms with Crippen molar-refractivity contribution in [2.75, 3.05) is 0 Å². The lowest BCUT2D eigenvalue weighted by Gasteiger charge is -2.03. The molecule has 0 saturated carbocycles. The van der Waals surface area contributed by atoms with Gasteiger partial charge in [0.2, 0.25) is 0 Å². The summed E-state index contributed by atoms with van der Waals surface area (Å²) in [4.78, 5) is 10.8. The first-order valence-electron chi connectivity index (χ1n) is 10.3. The smallest absolute Gasteiger partial charge is 0.129 e. The van der Waals surface area contributed by atoms with Crippen LogP contribution in [0.2, 0.25) is 0 Å². The molecular formula is C21H42O. The fraction of sp³-hybridized carbons (Fsp3) is 0.952. The zero-order valence-corrected chi connectivity index (χ0v) is 15.6. The average Bonchev–Trinajstić information content (AvgIpc) is 2.50. The van der Waals surface area contributed by atoms with Crippen molar-refractivity contribution in [2.24, 2.45) is 0 Å². The lowest BCUT2D eigenvalue weighted by Crippen LogP contribution is -1.89. The first kappa shape index (κ1) is 21.7. The van der Waals surface area contributed by atoms with Crippen LogP contribution < -0.4 is 0 Å². The Labute approximate surface area is 140 Å². The lowest BCUT2D eigenvalue weighted by molar-refractivity contribution is -0.117. The highest BCUT2D eigenvalue weighted by Gasteiger charge is 1.96. The Hall–Kier alpha value is -0.330. The van der Waals surface area contributed by atoms with E-state index in [1.165, 1.54) is 103 Å². The summed E-state index contributed by atoms with van der Waals surface area (Å²) >= 11 is 0. The molecule has 0 amide bonds. The van der Waals surface area contributed by atoms with Crippen molar-refractivity contribution in [1.82, 2.24) is 0 Å². The molecule has 0 aliphatic heterocycles. The van der Waals surface area contributed by atoms with Crippen molar-refractivity contribution in [3.05, 3.63) is 0 Å². The summed E-state index contributed by atoms with van der Waals surface area (Å²) in [5, 5.41) is 0. The minimum Gasteiger partial charge on any atom is -0.300 e. The molecule has 0 aliphatic rings. The minimum absolute atomic E-state index is 0.348. The van der Waals surface area contributed by atoms with Gasteiger partial charge < -0.3 is 4.79 Å². The van der Waals surface area contributed by atoms with Gasteiger partial charge in [-0.05, 0) is 13.3 Å². The van der Waals surface area contributed by atoms with Crippen LogP contribution in [0.4, 0.5) is 0 Å². The van der Waals surface area contributed by atoms with Crippen LogP contribution in [-0.2, 0) is 4.79 Å². The third kappa shape index (κ3) is 19.7. The lowest BCUT2D eigenvalue weighted by atomic mass is 10.0. The maximum Gasteiger partial charge on any atom is 0.129 e. The number of rotatable bonds is 18. The molecule has 0 aromatic rings. The van der Waals surface area contributed by atoms with Gasteiger partial charge in [-0.3, -0.25) is 0 Å². The Balaban J connectivity index is 2.95. The Morgan fingerprint density at radius 3 is 1.05 bits per heavy atom. The van der Waals surface area contributed by atoms with Crippen molar-refractivity contribution in [3.8, 4) is 0 Å². The van der Waals surface area contributed by atoms with Crippen molar-refractivity contribution in [3.63, 3.8) is 0 Å². The molecule has 22 heavy (non-hydrogen) atoms. The molecule has 132 valence electrons. The largest absolute Gasteiger partial charge is 0.300 e. The summed E-state index contributed by atoms with van der Waals surface area (Å²) in [5.41, 5.74) is 0. The SMILES string of the molecule is CCCCCCCCCCCCCCCCCCCC(C)=O. The molecule has 0 atom stereocenters. The van der Waals surface area contributed by atoms with Gasteiger partial charge in [-0.25, -0.2) is 0 Å². The van der Waals surface area contributed by atoms with Crippen LogP contribution in [0.3, 0.4) is 0 Å². The summed E-state index contributed by atoms with van der Waals surface area (Å²) in [5.74, 6) is 0.348. The molecule has 0 rings (SSSR count). The van der Waals surface area contributed by atoms with Gasteiger partial charge >= 0.3 is 0 Å². The Kier molecular flexibility index (Phi) is 18.4. The molecule has 0 spiro atoms. The first-order valence-corrected chi connectivity index (χ1v) is 10.3. The van der Waals surface area contributed by atoms with Crippen LogP contribution >= 0.6 is 0 Å². The monoisotopic (exact) mass is 310 g/mol. The molecule has 0 fully saturated rings. The van der Waals surface area contributed by atoms with Gasteiger partial charge in [-0.2, -0.15) is 0 Å². The van der Waals surface area contributed by atoms with Gasteiger partial charge in [0.15, 0.2) is 0 Å². The predicted molar refractivity (Wildman–Crippen MR) is 99.5 cm³/mol. The van der Waals surface area contributed by atoms with Crippen LogP contribution in [0, 0.1) is 0 Å². The molecule has 0 bridgehead atoms. The van der Waals surface area contributed by atoms with Crippen LogP contribution in [-0.4, -0.2) is 5.78 Å². The Morgan fingerprint density at radius 1 is 0.500 bits per heavy atom. The Morgan fingerprint density at radius 2 is 0.773 bits per heavy atom. The highest BCUT2D eigenvalue weighted by molar-refractivity contribution is 5.75. The molecule has 0 unspecified atom stereocenters. The van der Waals surface area contributed by atoms with Crippen LogP contribution in [0.25, 0.3) is 0 Å². The van der Waals surface area contributed by atoms with Crippen molar-refractivity contribution >= 4 is 5.78 Å². The van der Waals surface area contributed by atoms with E-state index in [9.17, 15) is 4.79 Å². The third-order valence-corrected chi connectivity index (χ3v) is 4.63. The zero-order chi connectivity index (χ0) is 16.3. The predicted octanol–water partition coefficient (Wildman–Crippen LogP) is 7.62. The van der Waals surface area contributed by atoms with E-state index in [1.807, 2.05) is 0 Å². The van der Waals surface area contributed by atoms with E-state index in [-0.39, 0.29) is 0 Å². The maximum atomic E-state index is 10.8. The van der Waals surface area contributed by atoms with Gasteiger partial charge in [-0.1, -0.05) is 110 Å². The average molecular weight is 311 g/mol. The van der Waals surface area contributed by atoms with E-state index < -0.39 is 0 Å². The molecule has 0 radical (unpaired) electrons. The molecule has 0 aromatic heterocycles. The summed E-state index contributed by atoms with van der Waals surface area (Å²) in [6.07, 6.45) is 24.5.